The molecular weight excluding hydrogens is 304 g/mol. The topological polar surface area (TPSA) is 69.9 Å². The Bertz CT molecular complexity index is 786. The number of carbonyl (C=O) groups is 1. The normalized spacial score (nSPS) is 18.5. The van der Waals surface area contributed by atoms with Gasteiger partial charge in [0.2, 0.25) is 0 Å². The second kappa shape index (κ2) is 6.34. The third-order valence-corrected chi connectivity index (χ3v) is 4.05. The molecule has 0 saturated carbocycles. The second-order valence-electron chi connectivity index (χ2n) is 7.46. The second-order valence-corrected chi connectivity index (χ2v) is 7.46. The van der Waals surface area contributed by atoms with Crippen molar-refractivity contribution in [1.29, 1.82) is 0 Å². The van der Waals surface area contributed by atoms with E-state index in [9.17, 15) is 4.79 Å². The fraction of sp³-hybridized carbons (Fsp3) is 0.556. The van der Waals surface area contributed by atoms with Crippen LogP contribution in [0.25, 0.3) is 16.7 Å². The monoisotopic (exact) mass is 328 g/mol. The van der Waals surface area contributed by atoms with Crippen LogP contribution in [0.3, 0.4) is 0 Å². The lowest BCUT2D eigenvalue weighted by molar-refractivity contribution is -0.155. The molecular formula is C18H24N4O2. The summed E-state index contributed by atoms with van der Waals surface area (Å²) in [6.45, 7) is 7.84. The molecule has 128 valence electrons. The van der Waals surface area contributed by atoms with Crippen molar-refractivity contribution < 1.29 is 9.53 Å². The molecule has 2 heterocycles. The van der Waals surface area contributed by atoms with Gasteiger partial charge in [0.15, 0.2) is 5.65 Å². The fourth-order valence-corrected chi connectivity index (χ4v) is 2.81. The molecule has 6 nitrogen and oxygen atoms in total. The number of allylic oxidation sites excluding steroid dienone is 2. The van der Waals surface area contributed by atoms with Crippen molar-refractivity contribution >= 4 is 22.7 Å². The average Bonchev–Trinajstić information content (AvgIpc) is 2.88. The molecule has 0 aliphatic heterocycles. The number of esters is 1. The predicted octanol–water partition coefficient (Wildman–Crippen LogP) is 3.37. The highest BCUT2D eigenvalue weighted by atomic mass is 16.6. The van der Waals surface area contributed by atoms with E-state index in [1.165, 1.54) is 12.0 Å². The molecule has 6 heteroatoms. The number of fused-ring (bicyclic) bond motifs is 1. The van der Waals surface area contributed by atoms with Gasteiger partial charge in [-0.25, -0.2) is 14.6 Å². The Balaban J connectivity index is 1.85. The summed E-state index contributed by atoms with van der Waals surface area (Å²) < 4.78 is 6.92. The van der Waals surface area contributed by atoms with Crippen LogP contribution in [0.4, 0.5) is 0 Å². The smallest absolute Gasteiger partial charge is 0.328 e. The molecule has 1 aliphatic carbocycles. The first kappa shape index (κ1) is 16.6. The molecule has 3 rings (SSSR count). The summed E-state index contributed by atoms with van der Waals surface area (Å²) in [5, 5.41) is 4.23. The molecule has 1 aliphatic rings. The first-order valence-corrected chi connectivity index (χ1v) is 8.41. The van der Waals surface area contributed by atoms with Crippen LogP contribution in [-0.2, 0) is 16.1 Å². The quantitative estimate of drug-likeness (QED) is 0.808. The summed E-state index contributed by atoms with van der Waals surface area (Å²) in [5.74, 6) is 0.397. The molecule has 0 fully saturated rings. The average molecular weight is 328 g/mol. The van der Waals surface area contributed by atoms with Crippen LogP contribution in [0.15, 0.2) is 18.5 Å². The van der Waals surface area contributed by atoms with E-state index in [1.807, 2.05) is 20.8 Å². The molecule has 1 unspecified atom stereocenters. The summed E-state index contributed by atoms with van der Waals surface area (Å²) in [7, 11) is 0. The number of hydrogen-bond donors (Lipinski definition) is 0. The Morgan fingerprint density at radius 2 is 2.17 bits per heavy atom. The van der Waals surface area contributed by atoms with Crippen molar-refractivity contribution in [2.45, 2.75) is 59.1 Å². The lowest BCUT2D eigenvalue weighted by Gasteiger charge is -2.19. The van der Waals surface area contributed by atoms with Crippen LogP contribution in [0.5, 0.6) is 0 Å². The summed E-state index contributed by atoms with van der Waals surface area (Å²) in [5.41, 5.74) is 2.90. The van der Waals surface area contributed by atoms with Crippen molar-refractivity contribution in [3.05, 3.63) is 24.2 Å². The molecule has 2 aromatic heterocycles. The van der Waals surface area contributed by atoms with Crippen LogP contribution >= 0.6 is 0 Å². The molecule has 0 spiro atoms. The molecule has 0 radical (unpaired) electrons. The van der Waals surface area contributed by atoms with E-state index in [1.54, 1.807) is 17.1 Å². The molecule has 2 aromatic rings. The fourth-order valence-electron chi connectivity index (χ4n) is 2.81. The first-order valence-electron chi connectivity index (χ1n) is 8.41. The number of hydrogen-bond acceptors (Lipinski definition) is 5. The van der Waals surface area contributed by atoms with Gasteiger partial charge in [0.05, 0.1) is 18.1 Å². The van der Waals surface area contributed by atoms with Crippen LogP contribution in [-0.4, -0.2) is 31.3 Å². The van der Waals surface area contributed by atoms with E-state index in [4.69, 9.17) is 9.72 Å². The molecule has 0 N–H and O–H groups in total. The van der Waals surface area contributed by atoms with Crippen molar-refractivity contribution in [2.75, 3.05) is 0 Å². The van der Waals surface area contributed by atoms with Gasteiger partial charge in [-0.05, 0) is 51.5 Å². The molecule has 0 amide bonds. The van der Waals surface area contributed by atoms with Gasteiger partial charge >= 0.3 is 5.97 Å². The van der Waals surface area contributed by atoms with Gasteiger partial charge in [0, 0.05) is 0 Å². The zero-order valence-electron chi connectivity index (χ0n) is 14.7. The van der Waals surface area contributed by atoms with Gasteiger partial charge in [-0.1, -0.05) is 13.0 Å². The van der Waals surface area contributed by atoms with Crippen LogP contribution < -0.4 is 0 Å². The van der Waals surface area contributed by atoms with Crippen molar-refractivity contribution in [3.63, 3.8) is 0 Å². The van der Waals surface area contributed by atoms with Crippen LogP contribution in [0, 0.1) is 5.92 Å². The van der Waals surface area contributed by atoms with Crippen molar-refractivity contribution in [3.8, 4) is 0 Å². The maximum Gasteiger partial charge on any atom is 0.328 e. The number of rotatable bonds is 3. The Hall–Kier alpha value is -2.24. The van der Waals surface area contributed by atoms with E-state index < -0.39 is 5.60 Å². The van der Waals surface area contributed by atoms with Crippen LogP contribution in [0.1, 0.15) is 52.7 Å². The maximum absolute atomic E-state index is 12.0. The van der Waals surface area contributed by atoms with Crippen molar-refractivity contribution in [2.24, 2.45) is 5.92 Å². The number of carbonyl (C=O) groups excluding carboxylic acids is 1. The van der Waals surface area contributed by atoms with E-state index in [2.05, 4.69) is 23.1 Å². The SMILES string of the molecule is CC1CC=C(c2cnc3cnn(CC(=O)OC(C)(C)C)c3n2)CC1. The lowest BCUT2D eigenvalue weighted by Crippen LogP contribution is -2.26. The highest BCUT2D eigenvalue weighted by Crippen LogP contribution is 2.29. The standard InChI is InChI=1S/C18H24N4O2/c1-12-5-7-13(8-6-12)14-9-19-15-10-20-22(17(15)21-14)11-16(23)24-18(2,3)4/h7,9-10,12H,5-6,8,11H2,1-4H3. The van der Waals surface area contributed by atoms with Gasteiger partial charge in [0.25, 0.3) is 0 Å². The number of aromatic nitrogens is 4. The minimum Gasteiger partial charge on any atom is -0.459 e. The third kappa shape index (κ3) is 3.80. The molecule has 0 saturated heterocycles. The molecule has 0 aromatic carbocycles. The Kier molecular flexibility index (Phi) is 4.39. The Morgan fingerprint density at radius 1 is 1.38 bits per heavy atom. The predicted molar refractivity (Wildman–Crippen MR) is 92.2 cm³/mol. The minimum atomic E-state index is -0.513. The highest BCUT2D eigenvalue weighted by Gasteiger charge is 2.19. The maximum atomic E-state index is 12.0. The number of nitrogens with zero attached hydrogens (tertiary/aromatic N) is 4. The Morgan fingerprint density at radius 3 is 2.83 bits per heavy atom. The van der Waals surface area contributed by atoms with E-state index >= 15 is 0 Å². The first-order chi connectivity index (χ1) is 11.3. The van der Waals surface area contributed by atoms with Gasteiger partial charge in [0.1, 0.15) is 17.7 Å². The number of ether oxygens (including phenoxy) is 1. The third-order valence-electron chi connectivity index (χ3n) is 4.05. The molecule has 0 bridgehead atoms. The summed E-state index contributed by atoms with van der Waals surface area (Å²) in [6.07, 6.45) is 8.94. The summed E-state index contributed by atoms with van der Waals surface area (Å²) >= 11 is 0. The highest BCUT2D eigenvalue weighted by molar-refractivity contribution is 5.76. The lowest BCUT2D eigenvalue weighted by atomic mass is 9.90. The Labute approximate surface area is 141 Å². The molecule has 1 atom stereocenters. The summed E-state index contributed by atoms with van der Waals surface area (Å²) in [4.78, 5) is 21.2. The largest absolute Gasteiger partial charge is 0.459 e. The van der Waals surface area contributed by atoms with E-state index in [-0.39, 0.29) is 12.5 Å². The van der Waals surface area contributed by atoms with E-state index in [0.717, 1.165) is 24.5 Å². The zero-order chi connectivity index (χ0) is 17.3. The summed E-state index contributed by atoms with van der Waals surface area (Å²) in [6, 6.07) is 0. The molecule has 24 heavy (non-hydrogen) atoms. The van der Waals surface area contributed by atoms with Crippen LogP contribution in [0.2, 0.25) is 0 Å². The van der Waals surface area contributed by atoms with Gasteiger partial charge in [-0.2, -0.15) is 5.10 Å². The van der Waals surface area contributed by atoms with E-state index in [0.29, 0.717) is 11.2 Å². The van der Waals surface area contributed by atoms with Gasteiger partial charge in [-0.15, -0.1) is 0 Å². The van der Waals surface area contributed by atoms with Gasteiger partial charge in [-0.3, -0.25) is 4.79 Å². The van der Waals surface area contributed by atoms with Gasteiger partial charge < -0.3 is 4.74 Å². The zero-order valence-corrected chi connectivity index (χ0v) is 14.7. The van der Waals surface area contributed by atoms with Crippen molar-refractivity contribution in [1.82, 2.24) is 19.7 Å². The minimum absolute atomic E-state index is 0.0367.